The van der Waals surface area contributed by atoms with Crippen LogP contribution in [0.3, 0.4) is 0 Å². The van der Waals surface area contributed by atoms with Crippen LogP contribution in [0.15, 0.2) is 36.4 Å². The van der Waals surface area contributed by atoms with Gasteiger partial charge in [0.2, 0.25) is 0 Å². The number of benzene rings is 2. The number of hydrogen-bond acceptors (Lipinski definition) is 2. The van der Waals surface area contributed by atoms with Crippen LogP contribution >= 0.6 is 0 Å². The van der Waals surface area contributed by atoms with Crippen LogP contribution in [0.25, 0.3) is 0 Å². The summed E-state index contributed by atoms with van der Waals surface area (Å²) in [7, 11) is 0. The monoisotopic (exact) mass is 262 g/mol. The smallest absolute Gasteiger partial charge is 0.126 e. The predicted octanol–water partition coefficient (Wildman–Crippen LogP) is 3.13. The van der Waals surface area contributed by atoms with E-state index >= 15 is 0 Å². The summed E-state index contributed by atoms with van der Waals surface area (Å²) in [4.78, 5) is 0. The molecular weight excluding hydrogens is 246 g/mol. The minimum absolute atomic E-state index is 0.440. The third-order valence-electron chi connectivity index (χ3n) is 3.34. The first-order valence-electron chi connectivity index (χ1n) is 6.01. The minimum atomic E-state index is -0.611. The molecule has 0 heterocycles. The lowest BCUT2D eigenvalue weighted by atomic mass is 9.93. The molecule has 3 N–H and O–H groups in total. The van der Waals surface area contributed by atoms with Crippen molar-refractivity contribution in [1.82, 2.24) is 5.43 Å². The van der Waals surface area contributed by atoms with Gasteiger partial charge in [-0.3, -0.25) is 5.84 Å². The van der Waals surface area contributed by atoms with Gasteiger partial charge >= 0.3 is 0 Å². The summed E-state index contributed by atoms with van der Waals surface area (Å²) in [5, 5.41) is 0. The number of aryl methyl sites for hydroxylation is 1. The maximum Gasteiger partial charge on any atom is 0.126 e. The molecule has 2 rings (SSSR count). The molecular formula is C15H16F2N2. The molecule has 0 amide bonds. The van der Waals surface area contributed by atoms with Gasteiger partial charge in [0.15, 0.2) is 0 Å². The van der Waals surface area contributed by atoms with Gasteiger partial charge in [0, 0.05) is 6.07 Å². The van der Waals surface area contributed by atoms with Crippen LogP contribution < -0.4 is 11.3 Å². The van der Waals surface area contributed by atoms with Crippen LogP contribution in [0, 0.1) is 25.5 Å². The minimum Gasteiger partial charge on any atom is -0.271 e. The van der Waals surface area contributed by atoms with E-state index in [0.717, 1.165) is 22.8 Å². The van der Waals surface area contributed by atoms with Crippen molar-refractivity contribution in [1.29, 1.82) is 0 Å². The Labute approximate surface area is 111 Å². The highest BCUT2D eigenvalue weighted by atomic mass is 19.1. The molecule has 0 aliphatic heterocycles. The van der Waals surface area contributed by atoms with E-state index in [4.69, 9.17) is 5.84 Å². The second kappa shape index (κ2) is 5.47. The SMILES string of the molecule is Cc1cccc(C(NN)c2cc(F)cc(F)c2)c1C. The van der Waals surface area contributed by atoms with E-state index in [1.54, 1.807) is 0 Å². The average Bonchev–Trinajstić information content (AvgIpc) is 2.34. The van der Waals surface area contributed by atoms with Crippen molar-refractivity contribution >= 4 is 0 Å². The summed E-state index contributed by atoms with van der Waals surface area (Å²) in [5.74, 6) is 4.34. The Balaban J connectivity index is 2.53. The van der Waals surface area contributed by atoms with E-state index in [9.17, 15) is 8.78 Å². The Hall–Kier alpha value is -1.78. The second-order valence-corrected chi connectivity index (χ2v) is 4.59. The molecule has 0 saturated carbocycles. The molecule has 2 aromatic rings. The van der Waals surface area contributed by atoms with Crippen molar-refractivity contribution in [3.8, 4) is 0 Å². The largest absolute Gasteiger partial charge is 0.271 e. The van der Waals surface area contributed by atoms with E-state index in [1.165, 1.54) is 12.1 Å². The van der Waals surface area contributed by atoms with Gasteiger partial charge in [0.25, 0.3) is 0 Å². The molecule has 1 atom stereocenters. The summed E-state index contributed by atoms with van der Waals surface area (Å²) in [5.41, 5.74) is 6.16. The summed E-state index contributed by atoms with van der Waals surface area (Å²) in [6, 6.07) is 8.77. The molecule has 0 spiro atoms. The fourth-order valence-electron chi connectivity index (χ4n) is 2.19. The zero-order valence-corrected chi connectivity index (χ0v) is 10.9. The summed E-state index contributed by atoms with van der Waals surface area (Å²) >= 11 is 0. The van der Waals surface area contributed by atoms with Crippen LogP contribution in [0.2, 0.25) is 0 Å². The molecule has 4 heteroatoms. The molecule has 0 aliphatic carbocycles. The standard InChI is InChI=1S/C15H16F2N2/c1-9-4-3-5-14(10(9)2)15(19-18)11-6-12(16)8-13(17)7-11/h3-8,15,19H,18H2,1-2H3. The van der Waals surface area contributed by atoms with E-state index in [1.807, 2.05) is 32.0 Å². The van der Waals surface area contributed by atoms with Gasteiger partial charge in [-0.15, -0.1) is 0 Å². The number of rotatable bonds is 3. The van der Waals surface area contributed by atoms with Crippen LogP contribution in [0.1, 0.15) is 28.3 Å². The second-order valence-electron chi connectivity index (χ2n) is 4.59. The fraction of sp³-hybridized carbons (Fsp3) is 0.200. The molecule has 0 fully saturated rings. The van der Waals surface area contributed by atoms with Crippen molar-refractivity contribution in [2.45, 2.75) is 19.9 Å². The Morgan fingerprint density at radius 3 is 2.26 bits per heavy atom. The lowest BCUT2D eigenvalue weighted by Crippen LogP contribution is -2.29. The van der Waals surface area contributed by atoms with Crippen LogP contribution in [-0.2, 0) is 0 Å². The predicted molar refractivity (Wildman–Crippen MR) is 71.4 cm³/mol. The highest BCUT2D eigenvalue weighted by Gasteiger charge is 2.17. The van der Waals surface area contributed by atoms with Gasteiger partial charge in [-0.25, -0.2) is 14.2 Å². The maximum atomic E-state index is 13.3. The van der Waals surface area contributed by atoms with E-state index in [-0.39, 0.29) is 0 Å². The summed E-state index contributed by atoms with van der Waals surface area (Å²) in [6.45, 7) is 3.95. The number of hydrogen-bond donors (Lipinski definition) is 2. The quantitative estimate of drug-likeness (QED) is 0.658. The highest BCUT2D eigenvalue weighted by Crippen LogP contribution is 2.26. The van der Waals surface area contributed by atoms with Gasteiger partial charge in [0.1, 0.15) is 11.6 Å². The van der Waals surface area contributed by atoms with Gasteiger partial charge < -0.3 is 0 Å². The molecule has 0 aliphatic rings. The molecule has 19 heavy (non-hydrogen) atoms. The third-order valence-corrected chi connectivity index (χ3v) is 3.34. The Morgan fingerprint density at radius 2 is 1.68 bits per heavy atom. The van der Waals surface area contributed by atoms with Crippen LogP contribution in [0.4, 0.5) is 8.78 Å². The number of halogens is 2. The maximum absolute atomic E-state index is 13.3. The van der Waals surface area contributed by atoms with Crippen LogP contribution in [0.5, 0.6) is 0 Å². The Bertz CT molecular complexity index is 576. The van der Waals surface area contributed by atoms with Crippen molar-refractivity contribution in [3.05, 3.63) is 70.3 Å². The molecule has 100 valence electrons. The van der Waals surface area contributed by atoms with Crippen molar-refractivity contribution < 1.29 is 8.78 Å². The molecule has 1 unspecified atom stereocenters. The lowest BCUT2D eigenvalue weighted by molar-refractivity contribution is 0.565. The summed E-state index contributed by atoms with van der Waals surface area (Å²) in [6.07, 6.45) is 0. The fourth-order valence-corrected chi connectivity index (χ4v) is 2.19. The molecule has 0 bridgehead atoms. The van der Waals surface area contributed by atoms with E-state index < -0.39 is 17.7 Å². The van der Waals surface area contributed by atoms with E-state index in [2.05, 4.69) is 5.43 Å². The van der Waals surface area contributed by atoms with Crippen LogP contribution in [-0.4, -0.2) is 0 Å². The average molecular weight is 262 g/mol. The zero-order chi connectivity index (χ0) is 14.0. The molecule has 0 radical (unpaired) electrons. The lowest BCUT2D eigenvalue weighted by Gasteiger charge is -2.20. The first-order valence-corrected chi connectivity index (χ1v) is 6.01. The van der Waals surface area contributed by atoms with Gasteiger partial charge in [-0.05, 0) is 48.2 Å². The van der Waals surface area contributed by atoms with Crippen molar-refractivity contribution in [3.63, 3.8) is 0 Å². The zero-order valence-electron chi connectivity index (χ0n) is 10.9. The molecule has 2 nitrogen and oxygen atoms in total. The summed E-state index contributed by atoms with van der Waals surface area (Å²) < 4.78 is 26.6. The van der Waals surface area contributed by atoms with Gasteiger partial charge in [0.05, 0.1) is 6.04 Å². The third kappa shape index (κ3) is 2.80. The van der Waals surface area contributed by atoms with E-state index in [0.29, 0.717) is 5.56 Å². The first kappa shape index (κ1) is 13.6. The number of nitrogens with two attached hydrogens (primary N) is 1. The number of hydrazine groups is 1. The Kier molecular flexibility index (Phi) is 3.93. The van der Waals surface area contributed by atoms with Crippen molar-refractivity contribution in [2.24, 2.45) is 5.84 Å². The van der Waals surface area contributed by atoms with Gasteiger partial charge in [-0.2, -0.15) is 0 Å². The first-order chi connectivity index (χ1) is 9.02. The highest BCUT2D eigenvalue weighted by molar-refractivity contribution is 5.40. The van der Waals surface area contributed by atoms with Gasteiger partial charge in [-0.1, -0.05) is 18.2 Å². The van der Waals surface area contributed by atoms with Crippen molar-refractivity contribution in [2.75, 3.05) is 0 Å². The topological polar surface area (TPSA) is 38.0 Å². The normalized spacial score (nSPS) is 12.5. The molecule has 0 aromatic heterocycles. The Morgan fingerprint density at radius 1 is 1.05 bits per heavy atom. The molecule has 2 aromatic carbocycles. The molecule has 0 saturated heterocycles. The number of nitrogens with one attached hydrogen (secondary N) is 1.